The summed E-state index contributed by atoms with van der Waals surface area (Å²) in [5, 5.41) is 11.1. The summed E-state index contributed by atoms with van der Waals surface area (Å²) in [5.41, 5.74) is 0.239. The summed E-state index contributed by atoms with van der Waals surface area (Å²) in [6, 6.07) is 7.03. The fourth-order valence-corrected chi connectivity index (χ4v) is 3.24. The largest absolute Gasteiger partial charge is 0.477 e. The highest BCUT2D eigenvalue weighted by atomic mass is 32.1. The zero-order chi connectivity index (χ0) is 15.9. The molecule has 0 amide bonds. The molecule has 0 saturated carbocycles. The monoisotopic (exact) mass is 319 g/mol. The molecular formula is C17H21NO3S. The lowest BCUT2D eigenvalue weighted by atomic mass is 10.1. The van der Waals surface area contributed by atoms with E-state index in [2.05, 4.69) is 6.92 Å². The first-order chi connectivity index (χ1) is 10.6. The van der Waals surface area contributed by atoms with E-state index in [1.54, 1.807) is 22.0 Å². The van der Waals surface area contributed by atoms with Crippen molar-refractivity contribution in [1.82, 2.24) is 4.57 Å². The van der Waals surface area contributed by atoms with Gasteiger partial charge in [-0.05, 0) is 30.0 Å². The van der Waals surface area contributed by atoms with Gasteiger partial charge in [0, 0.05) is 6.54 Å². The number of unbranched alkanes of at least 4 members (excludes halogenated alkanes) is 4. The summed E-state index contributed by atoms with van der Waals surface area (Å²) < 4.78 is 1.61. The average Bonchev–Trinajstić information content (AvgIpc) is 3.02. The highest BCUT2D eigenvalue weighted by molar-refractivity contribution is 7.13. The van der Waals surface area contributed by atoms with E-state index < -0.39 is 11.5 Å². The van der Waals surface area contributed by atoms with Gasteiger partial charge < -0.3 is 9.67 Å². The molecule has 4 nitrogen and oxygen atoms in total. The Bertz CT molecular complexity index is 674. The van der Waals surface area contributed by atoms with Crippen molar-refractivity contribution in [2.75, 3.05) is 0 Å². The van der Waals surface area contributed by atoms with Gasteiger partial charge in [0.1, 0.15) is 5.56 Å². The first kappa shape index (κ1) is 16.5. The number of nitrogens with zero attached hydrogens (tertiary/aromatic N) is 1. The number of carboxylic acid groups (broad SMARTS) is 1. The number of thiophene rings is 1. The van der Waals surface area contributed by atoms with Crippen LogP contribution in [0.2, 0.25) is 0 Å². The number of hydrogen-bond acceptors (Lipinski definition) is 3. The molecule has 0 aliphatic rings. The Balaban J connectivity index is 2.28. The van der Waals surface area contributed by atoms with Crippen LogP contribution in [-0.4, -0.2) is 15.6 Å². The van der Waals surface area contributed by atoms with E-state index in [0.717, 1.165) is 29.8 Å². The van der Waals surface area contributed by atoms with Crippen molar-refractivity contribution >= 4 is 17.3 Å². The maximum Gasteiger partial charge on any atom is 0.341 e. The molecule has 0 aliphatic heterocycles. The number of aromatic carboxylic acids is 1. The molecule has 22 heavy (non-hydrogen) atoms. The second-order valence-electron chi connectivity index (χ2n) is 5.29. The van der Waals surface area contributed by atoms with Gasteiger partial charge in [0.05, 0.1) is 10.6 Å². The molecule has 5 heteroatoms. The molecule has 1 N–H and O–H groups in total. The topological polar surface area (TPSA) is 59.3 Å². The highest BCUT2D eigenvalue weighted by Crippen LogP contribution is 2.24. The summed E-state index contributed by atoms with van der Waals surface area (Å²) in [7, 11) is 0. The van der Waals surface area contributed by atoms with E-state index in [0.29, 0.717) is 6.54 Å². The summed E-state index contributed by atoms with van der Waals surface area (Å²) in [6.07, 6.45) is 5.47. The van der Waals surface area contributed by atoms with Gasteiger partial charge in [-0.15, -0.1) is 11.3 Å². The van der Waals surface area contributed by atoms with Gasteiger partial charge in [0.25, 0.3) is 5.56 Å². The number of carbonyl (C=O) groups is 1. The molecule has 0 unspecified atom stereocenters. The van der Waals surface area contributed by atoms with Gasteiger partial charge in [0.2, 0.25) is 0 Å². The van der Waals surface area contributed by atoms with Crippen molar-refractivity contribution in [1.29, 1.82) is 0 Å². The molecule has 0 spiro atoms. The zero-order valence-corrected chi connectivity index (χ0v) is 13.6. The van der Waals surface area contributed by atoms with E-state index in [9.17, 15) is 9.59 Å². The lowest BCUT2D eigenvalue weighted by Crippen LogP contribution is -2.27. The maximum absolute atomic E-state index is 12.4. The Kier molecular flexibility index (Phi) is 5.95. The minimum atomic E-state index is -1.16. The molecular weight excluding hydrogens is 298 g/mol. The SMILES string of the molecule is CCCCCCCn1c(-c2cccs2)ccc(C(=O)O)c1=O. The van der Waals surface area contributed by atoms with Crippen LogP contribution in [0.1, 0.15) is 49.4 Å². The molecule has 0 aliphatic carbocycles. The quantitative estimate of drug-likeness (QED) is 0.740. The molecule has 2 rings (SSSR count). The summed E-state index contributed by atoms with van der Waals surface area (Å²) in [6.45, 7) is 2.73. The van der Waals surface area contributed by atoms with Crippen LogP contribution in [0.5, 0.6) is 0 Å². The minimum absolute atomic E-state index is 0.158. The Hall–Kier alpha value is -1.88. The number of hydrogen-bond donors (Lipinski definition) is 1. The van der Waals surface area contributed by atoms with Gasteiger partial charge in [-0.3, -0.25) is 4.79 Å². The summed E-state index contributed by atoms with van der Waals surface area (Å²) in [5.74, 6) is -1.16. The van der Waals surface area contributed by atoms with E-state index in [1.807, 2.05) is 17.5 Å². The fourth-order valence-electron chi connectivity index (χ4n) is 2.48. The maximum atomic E-state index is 12.4. The lowest BCUT2D eigenvalue weighted by Gasteiger charge is -2.12. The van der Waals surface area contributed by atoms with Crippen molar-refractivity contribution in [2.45, 2.75) is 45.6 Å². The number of pyridine rings is 1. The van der Waals surface area contributed by atoms with Crippen LogP contribution < -0.4 is 5.56 Å². The third-order valence-electron chi connectivity index (χ3n) is 3.66. The first-order valence-corrected chi connectivity index (χ1v) is 8.54. The molecule has 0 atom stereocenters. The van der Waals surface area contributed by atoms with E-state index in [-0.39, 0.29) is 5.56 Å². The minimum Gasteiger partial charge on any atom is -0.477 e. The summed E-state index contributed by atoms with van der Waals surface area (Å²) >= 11 is 1.55. The Morgan fingerprint density at radius 2 is 1.95 bits per heavy atom. The standard InChI is InChI=1S/C17H21NO3S/c1-2-3-4-5-6-11-18-14(15-8-7-12-22-15)10-9-13(16(18)19)17(20)21/h7-10,12H,2-6,11H2,1H3,(H,20,21). The summed E-state index contributed by atoms with van der Waals surface area (Å²) in [4.78, 5) is 24.6. The normalized spacial score (nSPS) is 10.8. The van der Waals surface area contributed by atoms with Crippen LogP contribution >= 0.6 is 11.3 Å². The molecule has 118 valence electrons. The van der Waals surface area contributed by atoms with Crippen LogP contribution in [0, 0.1) is 0 Å². The molecule has 0 bridgehead atoms. The molecule has 2 heterocycles. The second kappa shape index (κ2) is 7.94. The first-order valence-electron chi connectivity index (χ1n) is 7.66. The van der Waals surface area contributed by atoms with Gasteiger partial charge in [-0.1, -0.05) is 38.7 Å². The Morgan fingerprint density at radius 3 is 2.59 bits per heavy atom. The van der Waals surface area contributed by atoms with Gasteiger partial charge >= 0.3 is 5.97 Å². The van der Waals surface area contributed by atoms with Crippen LogP contribution in [0.3, 0.4) is 0 Å². The third-order valence-corrected chi connectivity index (χ3v) is 4.56. The van der Waals surface area contributed by atoms with E-state index in [4.69, 9.17) is 5.11 Å². The Labute approximate surface area is 134 Å². The number of carboxylic acids is 1. The highest BCUT2D eigenvalue weighted by Gasteiger charge is 2.15. The molecule has 0 fully saturated rings. The van der Waals surface area contributed by atoms with Crippen molar-refractivity contribution in [2.24, 2.45) is 0 Å². The van der Waals surface area contributed by atoms with Crippen molar-refractivity contribution < 1.29 is 9.90 Å². The van der Waals surface area contributed by atoms with Gasteiger partial charge in [0.15, 0.2) is 0 Å². The fraction of sp³-hybridized carbons (Fsp3) is 0.412. The average molecular weight is 319 g/mol. The third kappa shape index (κ3) is 3.85. The molecule has 0 saturated heterocycles. The lowest BCUT2D eigenvalue weighted by molar-refractivity contribution is 0.0694. The molecule has 2 aromatic heterocycles. The van der Waals surface area contributed by atoms with Crippen LogP contribution in [0.15, 0.2) is 34.4 Å². The van der Waals surface area contributed by atoms with Crippen LogP contribution in [-0.2, 0) is 6.54 Å². The molecule has 2 aromatic rings. The predicted molar refractivity (Wildman–Crippen MR) is 89.7 cm³/mol. The molecule has 0 aromatic carbocycles. The van der Waals surface area contributed by atoms with Crippen molar-refractivity contribution in [3.63, 3.8) is 0 Å². The second-order valence-corrected chi connectivity index (χ2v) is 6.23. The zero-order valence-electron chi connectivity index (χ0n) is 12.7. The Morgan fingerprint density at radius 1 is 1.18 bits per heavy atom. The van der Waals surface area contributed by atoms with Crippen molar-refractivity contribution in [3.8, 4) is 10.6 Å². The van der Waals surface area contributed by atoms with E-state index >= 15 is 0 Å². The van der Waals surface area contributed by atoms with Crippen LogP contribution in [0.25, 0.3) is 10.6 Å². The smallest absolute Gasteiger partial charge is 0.341 e. The van der Waals surface area contributed by atoms with Crippen molar-refractivity contribution in [3.05, 3.63) is 45.6 Å². The van der Waals surface area contributed by atoms with Crippen LogP contribution in [0.4, 0.5) is 0 Å². The van der Waals surface area contributed by atoms with Gasteiger partial charge in [-0.2, -0.15) is 0 Å². The number of aromatic nitrogens is 1. The van der Waals surface area contributed by atoms with Gasteiger partial charge in [-0.25, -0.2) is 4.79 Å². The predicted octanol–water partition coefficient (Wildman–Crippen LogP) is 4.25. The molecule has 0 radical (unpaired) electrons. The number of rotatable bonds is 8. The van der Waals surface area contributed by atoms with E-state index in [1.165, 1.54) is 18.9 Å².